The van der Waals surface area contributed by atoms with Crippen molar-refractivity contribution >= 4 is 22.5 Å². The number of fused-ring (bicyclic) bond motifs is 2. The second kappa shape index (κ2) is 5.73. The van der Waals surface area contributed by atoms with Crippen molar-refractivity contribution in [3.8, 4) is 17.0 Å². The minimum atomic E-state index is -0.180. The van der Waals surface area contributed by atoms with Crippen LogP contribution in [-0.4, -0.2) is 29.0 Å². The predicted octanol–water partition coefficient (Wildman–Crippen LogP) is 2.64. The van der Waals surface area contributed by atoms with E-state index in [4.69, 9.17) is 4.74 Å². The molecule has 0 bridgehead atoms. The van der Waals surface area contributed by atoms with Gasteiger partial charge in [-0.1, -0.05) is 0 Å². The zero-order valence-corrected chi connectivity index (χ0v) is 14.0. The fraction of sp³-hybridized carbons (Fsp3) is 0.211. The van der Waals surface area contributed by atoms with E-state index >= 15 is 0 Å². The maximum absolute atomic E-state index is 12.1. The molecule has 0 atom stereocenters. The Morgan fingerprint density at radius 1 is 1.28 bits per heavy atom. The first-order valence-corrected chi connectivity index (χ1v) is 8.15. The molecule has 1 aliphatic heterocycles. The van der Waals surface area contributed by atoms with E-state index in [1.807, 2.05) is 32.0 Å². The summed E-state index contributed by atoms with van der Waals surface area (Å²) < 4.78 is 5.59. The predicted molar refractivity (Wildman–Crippen MR) is 96.1 cm³/mol. The van der Waals surface area contributed by atoms with E-state index in [0.29, 0.717) is 23.6 Å². The van der Waals surface area contributed by atoms with Gasteiger partial charge in [0, 0.05) is 18.1 Å². The summed E-state index contributed by atoms with van der Waals surface area (Å²) in [5, 5.41) is 0.945. The molecule has 2 aromatic heterocycles. The average molecular weight is 335 g/mol. The van der Waals surface area contributed by atoms with E-state index in [0.717, 1.165) is 22.2 Å². The van der Waals surface area contributed by atoms with Gasteiger partial charge in [0.1, 0.15) is 5.75 Å². The maximum atomic E-state index is 12.1. The van der Waals surface area contributed by atoms with Crippen LogP contribution in [0.1, 0.15) is 12.5 Å². The van der Waals surface area contributed by atoms with Gasteiger partial charge < -0.3 is 14.6 Å². The molecule has 0 fully saturated rings. The molecule has 0 saturated heterocycles. The Labute approximate surface area is 144 Å². The lowest BCUT2D eigenvalue weighted by atomic mass is 10.0. The average Bonchev–Trinajstić information content (AvgIpc) is 2.61. The number of rotatable bonds is 2. The highest BCUT2D eigenvalue weighted by Gasteiger charge is 2.25. The Bertz CT molecular complexity index is 1060. The lowest BCUT2D eigenvalue weighted by molar-refractivity contribution is -0.121. The van der Waals surface area contributed by atoms with Gasteiger partial charge in [-0.25, -0.2) is 4.98 Å². The second-order valence-corrected chi connectivity index (χ2v) is 6.00. The molecule has 3 aromatic rings. The van der Waals surface area contributed by atoms with Crippen LogP contribution in [0.2, 0.25) is 0 Å². The van der Waals surface area contributed by atoms with Gasteiger partial charge in [-0.05, 0) is 49.7 Å². The highest BCUT2D eigenvalue weighted by atomic mass is 16.5. The Hall–Kier alpha value is -3.15. The van der Waals surface area contributed by atoms with E-state index < -0.39 is 0 Å². The largest absolute Gasteiger partial charge is 0.482 e. The van der Waals surface area contributed by atoms with Crippen LogP contribution >= 0.6 is 0 Å². The quantitative estimate of drug-likeness (QED) is 0.781. The number of nitrogens with one attached hydrogen (secondary N) is 1. The van der Waals surface area contributed by atoms with Crippen LogP contribution in [0, 0.1) is 6.92 Å². The SMILES string of the molecule is CCN1C(=O)COc2cc3c(C)cc(-c4ccc[nH]c4=O)nc3cc21. The lowest BCUT2D eigenvalue weighted by Gasteiger charge is -2.28. The normalized spacial score (nSPS) is 13.7. The van der Waals surface area contributed by atoms with Crippen LogP contribution < -0.4 is 15.2 Å². The summed E-state index contributed by atoms with van der Waals surface area (Å²) in [6.07, 6.45) is 1.60. The first-order chi connectivity index (χ1) is 12.1. The third-order valence-corrected chi connectivity index (χ3v) is 4.45. The summed E-state index contributed by atoms with van der Waals surface area (Å²) in [7, 11) is 0. The molecule has 4 rings (SSSR count). The highest BCUT2D eigenvalue weighted by Crippen LogP contribution is 2.37. The molecule has 0 unspecified atom stereocenters. The van der Waals surface area contributed by atoms with Gasteiger partial charge in [-0.2, -0.15) is 0 Å². The monoisotopic (exact) mass is 335 g/mol. The van der Waals surface area contributed by atoms with Crippen molar-refractivity contribution in [1.82, 2.24) is 9.97 Å². The number of H-pyrrole nitrogens is 1. The third-order valence-electron chi connectivity index (χ3n) is 4.45. The molecule has 3 heterocycles. The summed E-state index contributed by atoms with van der Waals surface area (Å²) in [6, 6.07) is 9.19. The molecule has 25 heavy (non-hydrogen) atoms. The van der Waals surface area contributed by atoms with Gasteiger partial charge in [0.25, 0.3) is 11.5 Å². The number of amides is 1. The van der Waals surface area contributed by atoms with Crippen molar-refractivity contribution in [2.45, 2.75) is 13.8 Å². The highest BCUT2D eigenvalue weighted by molar-refractivity contribution is 6.01. The summed E-state index contributed by atoms with van der Waals surface area (Å²) >= 11 is 0. The van der Waals surface area contributed by atoms with E-state index in [2.05, 4.69) is 9.97 Å². The number of ether oxygens (including phenoxy) is 1. The van der Waals surface area contributed by atoms with Crippen LogP contribution in [0.5, 0.6) is 5.75 Å². The molecule has 126 valence electrons. The molecule has 1 amide bonds. The zero-order valence-electron chi connectivity index (χ0n) is 14.0. The van der Waals surface area contributed by atoms with Crippen LogP contribution in [0.3, 0.4) is 0 Å². The molecule has 1 aliphatic rings. The van der Waals surface area contributed by atoms with Crippen LogP contribution in [0.25, 0.3) is 22.2 Å². The number of hydrogen-bond acceptors (Lipinski definition) is 4. The second-order valence-electron chi connectivity index (χ2n) is 6.00. The van der Waals surface area contributed by atoms with Crippen molar-refractivity contribution in [2.75, 3.05) is 18.1 Å². The molecule has 0 radical (unpaired) electrons. The van der Waals surface area contributed by atoms with E-state index in [9.17, 15) is 9.59 Å². The first-order valence-electron chi connectivity index (χ1n) is 8.15. The number of hydrogen-bond donors (Lipinski definition) is 1. The smallest absolute Gasteiger partial charge is 0.265 e. The molecule has 6 nitrogen and oxygen atoms in total. The topological polar surface area (TPSA) is 75.3 Å². The van der Waals surface area contributed by atoms with Crippen molar-refractivity contribution < 1.29 is 9.53 Å². The fourth-order valence-corrected chi connectivity index (χ4v) is 3.20. The van der Waals surface area contributed by atoms with Crippen LogP contribution in [0.15, 0.2) is 41.3 Å². The molecule has 6 heteroatoms. The summed E-state index contributed by atoms with van der Waals surface area (Å²) in [5.74, 6) is 0.617. The number of carbonyl (C=O) groups is 1. The van der Waals surface area contributed by atoms with Gasteiger partial charge in [0.05, 0.1) is 22.5 Å². The van der Waals surface area contributed by atoms with Gasteiger partial charge in [-0.3, -0.25) is 9.59 Å². The minimum Gasteiger partial charge on any atom is -0.482 e. The lowest BCUT2D eigenvalue weighted by Crippen LogP contribution is -2.38. The van der Waals surface area contributed by atoms with E-state index in [1.165, 1.54) is 0 Å². The number of pyridine rings is 2. The number of aromatic nitrogens is 2. The zero-order chi connectivity index (χ0) is 17.6. The standard InChI is InChI=1S/C19H17N3O3/c1-3-22-16-9-15-13(8-17(16)25-10-18(22)23)11(2)7-14(21-15)12-5-4-6-20-19(12)24/h4-9H,3,10H2,1-2H3,(H,20,24). The first kappa shape index (κ1) is 15.4. The van der Waals surface area contributed by atoms with Crippen molar-refractivity contribution in [3.05, 3.63) is 52.4 Å². The number of benzene rings is 1. The molecule has 0 spiro atoms. The molecule has 1 aromatic carbocycles. The summed E-state index contributed by atoms with van der Waals surface area (Å²) in [5.41, 5.74) is 3.39. The van der Waals surface area contributed by atoms with Gasteiger partial charge >= 0.3 is 0 Å². The summed E-state index contributed by atoms with van der Waals surface area (Å²) in [6.45, 7) is 4.52. The Morgan fingerprint density at radius 2 is 2.12 bits per heavy atom. The van der Waals surface area contributed by atoms with Crippen molar-refractivity contribution in [1.29, 1.82) is 0 Å². The Kier molecular flexibility index (Phi) is 3.53. The maximum Gasteiger partial charge on any atom is 0.265 e. The molecule has 1 N–H and O–H groups in total. The number of likely N-dealkylation sites (N-methyl/N-ethyl adjacent to an activating group) is 1. The van der Waals surface area contributed by atoms with Crippen molar-refractivity contribution in [3.63, 3.8) is 0 Å². The van der Waals surface area contributed by atoms with Gasteiger partial charge in [-0.15, -0.1) is 0 Å². The molecule has 0 aliphatic carbocycles. The minimum absolute atomic E-state index is 0.0519. The molecule has 0 saturated carbocycles. The third kappa shape index (κ3) is 2.46. The van der Waals surface area contributed by atoms with Crippen LogP contribution in [0.4, 0.5) is 5.69 Å². The number of nitrogens with zero attached hydrogens (tertiary/aromatic N) is 2. The number of aryl methyl sites for hydroxylation is 1. The Balaban J connectivity index is 1.96. The number of anilines is 1. The molecular weight excluding hydrogens is 318 g/mol. The Morgan fingerprint density at radius 3 is 2.88 bits per heavy atom. The van der Waals surface area contributed by atoms with E-state index in [-0.39, 0.29) is 18.1 Å². The summed E-state index contributed by atoms with van der Waals surface area (Å²) in [4.78, 5) is 33.1. The fourth-order valence-electron chi connectivity index (χ4n) is 3.20. The molecular formula is C19H17N3O3. The van der Waals surface area contributed by atoms with Gasteiger partial charge in [0.15, 0.2) is 6.61 Å². The van der Waals surface area contributed by atoms with Gasteiger partial charge in [0.2, 0.25) is 0 Å². The number of carbonyl (C=O) groups excluding carboxylic acids is 1. The van der Waals surface area contributed by atoms with Crippen molar-refractivity contribution in [2.24, 2.45) is 0 Å². The number of aromatic amines is 1. The van der Waals surface area contributed by atoms with Crippen LogP contribution in [-0.2, 0) is 4.79 Å². The van der Waals surface area contributed by atoms with E-state index in [1.54, 1.807) is 23.2 Å².